The van der Waals surface area contributed by atoms with Crippen LogP contribution in [0.5, 0.6) is 0 Å². The lowest BCUT2D eigenvalue weighted by Gasteiger charge is -2.05. The molecule has 3 heteroatoms. The van der Waals surface area contributed by atoms with Gasteiger partial charge in [0.05, 0.1) is 6.67 Å². The number of rotatable bonds is 1. The van der Waals surface area contributed by atoms with Crippen LogP contribution in [0.4, 0.5) is 4.39 Å². The first-order valence-corrected chi connectivity index (χ1v) is 2.64. The highest BCUT2D eigenvalue weighted by atomic mass is 19.1. The van der Waals surface area contributed by atoms with Gasteiger partial charge < -0.3 is 0 Å². The molecular formula is C5H9FN2. The van der Waals surface area contributed by atoms with Crippen molar-refractivity contribution < 1.29 is 4.39 Å². The van der Waals surface area contributed by atoms with Crippen molar-refractivity contribution in [1.29, 1.82) is 0 Å². The Bertz CT molecular complexity index is 103. The Morgan fingerprint density at radius 2 is 2.75 bits per heavy atom. The zero-order valence-electron chi connectivity index (χ0n) is 4.84. The van der Waals surface area contributed by atoms with E-state index in [1.54, 1.807) is 11.2 Å². The van der Waals surface area contributed by atoms with Gasteiger partial charge in [-0.15, -0.1) is 0 Å². The number of hydrazone groups is 1. The van der Waals surface area contributed by atoms with Crippen molar-refractivity contribution in [1.82, 2.24) is 5.01 Å². The Kier molecular flexibility index (Phi) is 1.46. The maximum Gasteiger partial charge on any atom is 0.0990 e. The molecule has 0 aliphatic carbocycles. The largest absolute Gasteiger partial charge is 0.300 e. The minimum absolute atomic E-state index is 0.0417. The highest BCUT2D eigenvalue weighted by Crippen LogP contribution is 2.04. The molecule has 1 aliphatic rings. The molecule has 1 rings (SSSR count). The normalized spacial score (nSPS) is 27.2. The van der Waals surface area contributed by atoms with E-state index in [4.69, 9.17) is 0 Å². The summed E-state index contributed by atoms with van der Waals surface area (Å²) in [7, 11) is 1.84. The molecule has 0 fully saturated rings. The van der Waals surface area contributed by atoms with E-state index in [0.29, 0.717) is 0 Å². The smallest absolute Gasteiger partial charge is 0.0990 e. The standard InChI is InChI=1S/C5H9FN2/c1-8-4-5(2-6)3-7-8/h3,5H,2,4H2,1H3. The van der Waals surface area contributed by atoms with Crippen LogP contribution in [-0.4, -0.2) is 31.5 Å². The monoisotopic (exact) mass is 116 g/mol. The molecular weight excluding hydrogens is 107 g/mol. The molecule has 0 aromatic rings. The van der Waals surface area contributed by atoms with Crippen LogP contribution in [0, 0.1) is 5.92 Å². The van der Waals surface area contributed by atoms with Crippen LogP contribution in [0.2, 0.25) is 0 Å². The summed E-state index contributed by atoms with van der Waals surface area (Å²) >= 11 is 0. The number of hydrogen-bond acceptors (Lipinski definition) is 2. The summed E-state index contributed by atoms with van der Waals surface area (Å²) in [6.45, 7) is 0.449. The zero-order valence-corrected chi connectivity index (χ0v) is 4.84. The lowest BCUT2D eigenvalue weighted by molar-refractivity contribution is 0.326. The van der Waals surface area contributed by atoms with Gasteiger partial charge in [-0.2, -0.15) is 5.10 Å². The Balaban J connectivity index is 2.34. The van der Waals surface area contributed by atoms with E-state index in [0.717, 1.165) is 6.54 Å². The molecule has 46 valence electrons. The topological polar surface area (TPSA) is 15.6 Å². The van der Waals surface area contributed by atoms with Crippen molar-refractivity contribution in [2.45, 2.75) is 0 Å². The molecule has 1 unspecified atom stereocenters. The van der Waals surface area contributed by atoms with Crippen LogP contribution in [0.3, 0.4) is 0 Å². The van der Waals surface area contributed by atoms with Crippen molar-refractivity contribution in [2.75, 3.05) is 20.3 Å². The molecule has 0 aromatic heterocycles. The minimum Gasteiger partial charge on any atom is -0.300 e. The number of nitrogens with zero attached hydrogens (tertiary/aromatic N) is 2. The Hall–Kier alpha value is -0.600. The average molecular weight is 116 g/mol. The van der Waals surface area contributed by atoms with E-state index in [-0.39, 0.29) is 12.6 Å². The first-order chi connectivity index (χ1) is 3.83. The fraction of sp³-hybridized carbons (Fsp3) is 0.800. The van der Waals surface area contributed by atoms with Gasteiger partial charge in [-0.25, -0.2) is 0 Å². The van der Waals surface area contributed by atoms with Gasteiger partial charge in [-0.05, 0) is 0 Å². The van der Waals surface area contributed by atoms with E-state index < -0.39 is 0 Å². The molecule has 8 heavy (non-hydrogen) atoms. The first-order valence-electron chi connectivity index (χ1n) is 2.64. The van der Waals surface area contributed by atoms with Crippen LogP contribution in [0.25, 0.3) is 0 Å². The molecule has 1 aliphatic heterocycles. The highest BCUT2D eigenvalue weighted by molar-refractivity contribution is 5.62. The van der Waals surface area contributed by atoms with E-state index in [1.165, 1.54) is 0 Å². The molecule has 0 aromatic carbocycles. The van der Waals surface area contributed by atoms with Crippen molar-refractivity contribution in [3.05, 3.63) is 0 Å². The molecule has 1 atom stereocenters. The van der Waals surface area contributed by atoms with Crippen molar-refractivity contribution in [3.8, 4) is 0 Å². The summed E-state index contributed by atoms with van der Waals surface area (Å²) in [6.07, 6.45) is 1.65. The average Bonchev–Trinajstić information content (AvgIpc) is 2.14. The molecule has 0 saturated heterocycles. The van der Waals surface area contributed by atoms with Crippen LogP contribution >= 0.6 is 0 Å². The first kappa shape index (κ1) is 5.54. The summed E-state index contributed by atoms with van der Waals surface area (Å²) in [5, 5.41) is 5.60. The van der Waals surface area contributed by atoms with Crippen LogP contribution in [0.15, 0.2) is 5.10 Å². The summed E-state index contributed by atoms with van der Waals surface area (Å²) < 4.78 is 11.8. The molecule has 0 radical (unpaired) electrons. The molecule has 0 saturated carbocycles. The predicted octanol–water partition coefficient (Wildman–Crippen LogP) is 0.503. The summed E-state index contributed by atoms with van der Waals surface area (Å²) in [4.78, 5) is 0. The Morgan fingerprint density at radius 1 is 2.00 bits per heavy atom. The van der Waals surface area contributed by atoms with Gasteiger partial charge in [-0.1, -0.05) is 0 Å². The van der Waals surface area contributed by atoms with E-state index >= 15 is 0 Å². The van der Waals surface area contributed by atoms with Gasteiger partial charge in [-0.3, -0.25) is 9.40 Å². The fourth-order valence-corrected chi connectivity index (χ4v) is 0.730. The molecule has 1 heterocycles. The number of halogens is 1. The number of alkyl halides is 1. The second kappa shape index (κ2) is 2.11. The highest BCUT2D eigenvalue weighted by Gasteiger charge is 2.12. The van der Waals surface area contributed by atoms with Crippen LogP contribution < -0.4 is 0 Å². The molecule has 0 bridgehead atoms. The quantitative estimate of drug-likeness (QED) is 0.487. The van der Waals surface area contributed by atoms with Gasteiger partial charge in [0.2, 0.25) is 0 Å². The third-order valence-corrected chi connectivity index (χ3v) is 1.17. The third-order valence-electron chi connectivity index (χ3n) is 1.17. The Labute approximate surface area is 48.0 Å². The maximum absolute atomic E-state index is 11.8. The number of hydrogen-bond donors (Lipinski definition) is 0. The van der Waals surface area contributed by atoms with E-state index in [9.17, 15) is 4.39 Å². The van der Waals surface area contributed by atoms with Gasteiger partial charge in [0, 0.05) is 25.7 Å². The SMILES string of the molecule is CN1CC(CF)C=N1. The fourth-order valence-electron chi connectivity index (χ4n) is 0.730. The van der Waals surface area contributed by atoms with Crippen molar-refractivity contribution in [3.63, 3.8) is 0 Å². The molecule has 0 N–H and O–H groups in total. The summed E-state index contributed by atoms with van der Waals surface area (Å²) in [5.74, 6) is 0.0417. The van der Waals surface area contributed by atoms with Crippen molar-refractivity contribution in [2.24, 2.45) is 11.0 Å². The minimum atomic E-state index is -0.284. The van der Waals surface area contributed by atoms with Crippen molar-refractivity contribution >= 4 is 6.21 Å². The predicted molar refractivity (Wildman–Crippen MR) is 30.6 cm³/mol. The van der Waals surface area contributed by atoms with Gasteiger partial charge in [0.1, 0.15) is 0 Å². The lowest BCUT2D eigenvalue weighted by Crippen LogP contribution is -2.14. The van der Waals surface area contributed by atoms with E-state index in [2.05, 4.69) is 5.10 Å². The maximum atomic E-state index is 11.8. The summed E-state index contributed by atoms with van der Waals surface area (Å²) in [6, 6.07) is 0. The lowest BCUT2D eigenvalue weighted by atomic mass is 10.2. The summed E-state index contributed by atoms with van der Waals surface area (Å²) in [5.41, 5.74) is 0. The van der Waals surface area contributed by atoms with Crippen LogP contribution in [-0.2, 0) is 0 Å². The molecule has 2 nitrogen and oxygen atoms in total. The molecule has 0 spiro atoms. The molecule has 0 amide bonds. The van der Waals surface area contributed by atoms with E-state index in [1.807, 2.05) is 7.05 Å². The van der Waals surface area contributed by atoms with Crippen LogP contribution in [0.1, 0.15) is 0 Å². The second-order valence-electron chi connectivity index (χ2n) is 2.02. The Morgan fingerprint density at radius 3 is 3.00 bits per heavy atom. The van der Waals surface area contributed by atoms with Gasteiger partial charge >= 0.3 is 0 Å². The van der Waals surface area contributed by atoms with Gasteiger partial charge in [0.25, 0.3) is 0 Å². The second-order valence-corrected chi connectivity index (χ2v) is 2.02. The third kappa shape index (κ3) is 0.967. The zero-order chi connectivity index (χ0) is 5.98. The van der Waals surface area contributed by atoms with Gasteiger partial charge in [0.15, 0.2) is 0 Å².